The maximum absolute atomic E-state index is 12.4. The number of nitrogens with zero attached hydrogens (tertiary/aromatic N) is 1. The van der Waals surface area contributed by atoms with Crippen LogP contribution in [0, 0.1) is 5.92 Å². The van der Waals surface area contributed by atoms with E-state index in [1.807, 2.05) is 0 Å². The molecular weight excluding hydrogens is 362 g/mol. The van der Waals surface area contributed by atoms with Gasteiger partial charge >= 0.3 is 5.97 Å². The van der Waals surface area contributed by atoms with Crippen LogP contribution in [0.3, 0.4) is 0 Å². The van der Waals surface area contributed by atoms with E-state index in [2.05, 4.69) is 0 Å². The molecule has 1 aromatic rings. The maximum Gasteiger partial charge on any atom is 0.307 e. The molecule has 1 saturated heterocycles. The predicted molar refractivity (Wildman–Crippen MR) is 91.4 cm³/mol. The van der Waals surface area contributed by atoms with Crippen LogP contribution in [0.15, 0.2) is 29.2 Å². The zero-order chi connectivity index (χ0) is 19.3. The SMILES string of the molecule is COc1ccc(S(=O)(=O)CC(CCCN2C(=O)CCC2=O)C(=O)O)cc1. The number of carbonyl (C=O) groups excluding carboxylic acids is 2. The van der Waals surface area contributed by atoms with E-state index >= 15 is 0 Å². The fourth-order valence-electron chi connectivity index (χ4n) is 2.79. The van der Waals surface area contributed by atoms with E-state index in [1.54, 1.807) is 0 Å². The molecular formula is C17H21NO7S. The quantitative estimate of drug-likeness (QED) is 0.634. The number of carboxylic acids is 1. The number of rotatable bonds is 9. The summed E-state index contributed by atoms with van der Waals surface area (Å²) in [6, 6.07) is 5.73. The monoisotopic (exact) mass is 383 g/mol. The minimum absolute atomic E-state index is 0.0226. The Hall–Kier alpha value is -2.42. The molecule has 0 aromatic heterocycles. The standard InChI is InChI=1S/C17H21NO7S/c1-25-13-4-6-14(7-5-13)26(23,24)11-12(17(21)22)3-2-10-18-15(19)8-9-16(18)20/h4-7,12H,2-3,8-11H2,1H3,(H,21,22). The van der Waals surface area contributed by atoms with E-state index < -0.39 is 27.5 Å². The van der Waals surface area contributed by atoms with Crippen molar-refractivity contribution in [2.24, 2.45) is 5.92 Å². The molecule has 2 amide bonds. The number of methoxy groups -OCH3 is 1. The first-order chi connectivity index (χ1) is 12.2. The first-order valence-electron chi connectivity index (χ1n) is 8.17. The Balaban J connectivity index is 1.99. The van der Waals surface area contributed by atoms with E-state index in [-0.39, 0.29) is 48.9 Å². The number of hydrogen-bond donors (Lipinski definition) is 1. The molecule has 2 rings (SSSR count). The summed E-state index contributed by atoms with van der Waals surface area (Å²) in [6.07, 6.45) is 0.647. The molecule has 1 unspecified atom stereocenters. The van der Waals surface area contributed by atoms with Gasteiger partial charge in [-0.05, 0) is 37.1 Å². The van der Waals surface area contributed by atoms with Gasteiger partial charge in [0.15, 0.2) is 9.84 Å². The van der Waals surface area contributed by atoms with Crippen molar-refractivity contribution in [3.05, 3.63) is 24.3 Å². The number of hydrogen-bond acceptors (Lipinski definition) is 6. The highest BCUT2D eigenvalue weighted by atomic mass is 32.2. The lowest BCUT2D eigenvalue weighted by Crippen LogP contribution is -2.31. The van der Waals surface area contributed by atoms with Crippen LogP contribution in [0.25, 0.3) is 0 Å². The molecule has 1 heterocycles. The number of ether oxygens (including phenoxy) is 1. The summed E-state index contributed by atoms with van der Waals surface area (Å²) < 4.78 is 29.9. The Morgan fingerprint density at radius 3 is 2.27 bits per heavy atom. The lowest BCUT2D eigenvalue weighted by molar-refractivity contribution is -0.141. The van der Waals surface area contributed by atoms with Gasteiger partial charge in [-0.1, -0.05) is 0 Å². The number of carboxylic acid groups (broad SMARTS) is 1. The number of benzene rings is 1. The first kappa shape index (κ1) is 19.9. The van der Waals surface area contributed by atoms with Gasteiger partial charge in [0.1, 0.15) is 5.75 Å². The Morgan fingerprint density at radius 1 is 1.19 bits per heavy atom. The van der Waals surface area contributed by atoms with E-state index in [0.29, 0.717) is 5.75 Å². The smallest absolute Gasteiger partial charge is 0.307 e. The third-order valence-electron chi connectivity index (χ3n) is 4.28. The second-order valence-electron chi connectivity index (χ2n) is 6.07. The minimum atomic E-state index is -3.78. The Bertz CT molecular complexity index is 770. The summed E-state index contributed by atoms with van der Waals surface area (Å²) in [7, 11) is -2.33. The molecule has 1 aromatic carbocycles. The highest BCUT2D eigenvalue weighted by Crippen LogP contribution is 2.21. The Morgan fingerprint density at radius 2 is 1.77 bits per heavy atom. The lowest BCUT2D eigenvalue weighted by atomic mass is 10.1. The molecule has 8 nitrogen and oxygen atoms in total. The highest BCUT2D eigenvalue weighted by Gasteiger charge is 2.30. The zero-order valence-corrected chi connectivity index (χ0v) is 15.2. The van der Waals surface area contributed by atoms with Gasteiger partial charge in [0, 0.05) is 19.4 Å². The van der Waals surface area contributed by atoms with Gasteiger partial charge in [0.05, 0.1) is 23.7 Å². The van der Waals surface area contributed by atoms with Crippen molar-refractivity contribution in [1.82, 2.24) is 4.90 Å². The van der Waals surface area contributed by atoms with Crippen LogP contribution in [-0.2, 0) is 24.2 Å². The summed E-state index contributed by atoms with van der Waals surface area (Å²) >= 11 is 0. The molecule has 0 spiro atoms. The molecule has 1 fully saturated rings. The van der Waals surface area contributed by atoms with E-state index in [9.17, 15) is 27.9 Å². The van der Waals surface area contributed by atoms with Gasteiger partial charge < -0.3 is 9.84 Å². The average Bonchev–Trinajstić information content (AvgIpc) is 2.92. The Labute approximate surface area is 151 Å². The normalized spacial score (nSPS) is 16.0. The largest absolute Gasteiger partial charge is 0.497 e. The van der Waals surface area contributed by atoms with Crippen molar-refractivity contribution < 1.29 is 32.6 Å². The van der Waals surface area contributed by atoms with Gasteiger partial charge in [-0.15, -0.1) is 0 Å². The number of likely N-dealkylation sites (tertiary alicyclic amines) is 1. The molecule has 26 heavy (non-hydrogen) atoms. The molecule has 9 heteroatoms. The zero-order valence-electron chi connectivity index (χ0n) is 14.4. The molecule has 142 valence electrons. The maximum atomic E-state index is 12.4. The van der Waals surface area contributed by atoms with Gasteiger partial charge in [0.2, 0.25) is 11.8 Å². The third-order valence-corrected chi connectivity index (χ3v) is 6.11. The number of amides is 2. The number of imide groups is 1. The fraction of sp³-hybridized carbons (Fsp3) is 0.471. The van der Waals surface area contributed by atoms with Crippen LogP contribution in [0.1, 0.15) is 25.7 Å². The van der Waals surface area contributed by atoms with Crippen LogP contribution in [0.5, 0.6) is 5.75 Å². The highest BCUT2D eigenvalue weighted by molar-refractivity contribution is 7.91. The van der Waals surface area contributed by atoms with Gasteiger partial charge in [-0.25, -0.2) is 8.42 Å². The van der Waals surface area contributed by atoms with Crippen molar-refractivity contribution in [3.63, 3.8) is 0 Å². The topological polar surface area (TPSA) is 118 Å². The molecule has 0 saturated carbocycles. The molecule has 0 aliphatic carbocycles. The van der Waals surface area contributed by atoms with Crippen molar-refractivity contribution >= 4 is 27.6 Å². The summed E-state index contributed by atoms with van der Waals surface area (Å²) in [6.45, 7) is 0.115. The van der Waals surface area contributed by atoms with Crippen LogP contribution in [0.4, 0.5) is 0 Å². The van der Waals surface area contributed by atoms with E-state index in [1.165, 1.54) is 31.4 Å². The molecule has 0 bridgehead atoms. The van der Waals surface area contributed by atoms with Gasteiger partial charge in [-0.3, -0.25) is 19.3 Å². The fourth-order valence-corrected chi connectivity index (χ4v) is 4.37. The van der Waals surface area contributed by atoms with Crippen molar-refractivity contribution in [1.29, 1.82) is 0 Å². The van der Waals surface area contributed by atoms with Crippen molar-refractivity contribution in [2.45, 2.75) is 30.6 Å². The second kappa shape index (κ2) is 8.31. The number of aliphatic carboxylic acids is 1. The molecule has 1 aliphatic rings. The van der Waals surface area contributed by atoms with Crippen LogP contribution in [-0.4, -0.2) is 55.6 Å². The Kier molecular flexibility index (Phi) is 6.36. The van der Waals surface area contributed by atoms with Crippen molar-refractivity contribution in [2.75, 3.05) is 19.4 Å². The number of sulfone groups is 1. The summed E-state index contributed by atoms with van der Waals surface area (Å²) in [5.74, 6) is -2.92. The lowest BCUT2D eigenvalue weighted by Gasteiger charge is -2.16. The minimum Gasteiger partial charge on any atom is -0.497 e. The number of carbonyl (C=O) groups is 3. The van der Waals surface area contributed by atoms with Crippen LogP contribution >= 0.6 is 0 Å². The predicted octanol–water partition coefficient (Wildman–Crippen LogP) is 1.10. The third kappa shape index (κ3) is 4.81. The van der Waals surface area contributed by atoms with Gasteiger partial charge in [-0.2, -0.15) is 0 Å². The van der Waals surface area contributed by atoms with Crippen molar-refractivity contribution in [3.8, 4) is 5.75 Å². The summed E-state index contributed by atoms with van der Waals surface area (Å²) in [4.78, 5) is 35.6. The van der Waals surface area contributed by atoms with E-state index in [0.717, 1.165) is 4.90 Å². The van der Waals surface area contributed by atoms with Gasteiger partial charge in [0.25, 0.3) is 0 Å². The van der Waals surface area contributed by atoms with Crippen LogP contribution in [0.2, 0.25) is 0 Å². The van der Waals surface area contributed by atoms with E-state index in [4.69, 9.17) is 4.74 Å². The second-order valence-corrected chi connectivity index (χ2v) is 8.11. The van der Waals surface area contributed by atoms with Crippen LogP contribution < -0.4 is 4.74 Å². The molecule has 1 aliphatic heterocycles. The summed E-state index contributed by atoms with van der Waals surface area (Å²) in [5.41, 5.74) is 0. The molecule has 1 atom stereocenters. The molecule has 0 radical (unpaired) electrons. The first-order valence-corrected chi connectivity index (χ1v) is 9.82. The average molecular weight is 383 g/mol. The summed E-state index contributed by atoms with van der Waals surface area (Å²) in [5, 5.41) is 9.33. The molecule has 1 N–H and O–H groups in total.